The molecule has 18 heavy (non-hydrogen) atoms. The summed E-state index contributed by atoms with van der Waals surface area (Å²) in [7, 11) is 0. The number of aryl methyl sites for hydroxylation is 1. The number of nitrogens with two attached hydrogens (primary N) is 1. The third-order valence-electron chi connectivity index (χ3n) is 3.18. The van der Waals surface area contributed by atoms with Crippen LogP contribution in [0.3, 0.4) is 0 Å². The summed E-state index contributed by atoms with van der Waals surface area (Å²) in [6.07, 6.45) is 0.775. The Bertz CT molecular complexity index is 529. The van der Waals surface area contributed by atoms with Crippen molar-refractivity contribution in [2.24, 2.45) is 5.73 Å². The molecular weight excluding hydrogens is 242 g/mol. The van der Waals surface area contributed by atoms with Gasteiger partial charge in [-0.15, -0.1) is 0 Å². The van der Waals surface area contributed by atoms with Gasteiger partial charge in [-0.3, -0.25) is 0 Å². The van der Waals surface area contributed by atoms with Crippen LogP contribution >= 0.6 is 11.6 Å². The third-order valence-corrected chi connectivity index (χ3v) is 3.51. The standard InChI is InChI=1S/C16H18ClN/c1-12-7-9-13(10-8-12)11-16(2,18)14-5-3-4-6-15(14)17/h3-10H,11,18H2,1-2H3. The fraction of sp³-hybridized carbons (Fsp3) is 0.250. The van der Waals surface area contributed by atoms with Crippen molar-refractivity contribution in [2.75, 3.05) is 0 Å². The topological polar surface area (TPSA) is 26.0 Å². The molecule has 0 aliphatic rings. The highest BCUT2D eigenvalue weighted by Gasteiger charge is 2.23. The molecule has 0 saturated heterocycles. The zero-order valence-corrected chi connectivity index (χ0v) is 11.5. The summed E-state index contributed by atoms with van der Waals surface area (Å²) in [5.41, 5.74) is 9.45. The van der Waals surface area contributed by atoms with Crippen LogP contribution in [-0.2, 0) is 12.0 Å². The Morgan fingerprint density at radius 1 is 1.06 bits per heavy atom. The summed E-state index contributed by atoms with van der Waals surface area (Å²) in [6.45, 7) is 4.10. The minimum absolute atomic E-state index is 0.451. The SMILES string of the molecule is Cc1ccc(CC(C)(N)c2ccccc2Cl)cc1. The van der Waals surface area contributed by atoms with E-state index in [9.17, 15) is 0 Å². The van der Waals surface area contributed by atoms with E-state index in [1.165, 1.54) is 11.1 Å². The second kappa shape index (κ2) is 5.13. The van der Waals surface area contributed by atoms with Gasteiger partial charge in [0.15, 0.2) is 0 Å². The molecule has 2 N–H and O–H groups in total. The van der Waals surface area contributed by atoms with Gasteiger partial charge in [0.25, 0.3) is 0 Å². The lowest BCUT2D eigenvalue weighted by molar-refractivity contribution is 0.491. The summed E-state index contributed by atoms with van der Waals surface area (Å²) in [4.78, 5) is 0. The van der Waals surface area contributed by atoms with E-state index < -0.39 is 5.54 Å². The van der Waals surface area contributed by atoms with Crippen LogP contribution in [0.4, 0.5) is 0 Å². The van der Waals surface area contributed by atoms with E-state index in [4.69, 9.17) is 17.3 Å². The fourth-order valence-electron chi connectivity index (χ4n) is 2.15. The summed E-state index contributed by atoms with van der Waals surface area (Å²) < 4.78 is 0. The molecule has 0 aromatic heterocycles. The average Bonchev–Trinajstić information content (AvgIpc) is 2.32. The molecule has 0 aliphatic carbocycles. The van der Waals surface area contributed by atoms with Gasteiger partial charge in [-0.05, 0) is 37.5 Å². The predicted octanol–water partition coefficient (Wildman–Crippen LogP) is 4.07. The Kier molecular flexibility index (Phi) is 3.74. The van der Waals surface area contributed by atoms with E-state index in [-0.39, 0.29) is 0 Å². The quantitative estimate of drug-likeness (QED) is 0.884. The Morgan fingerprint density at radius 2 is 1.67 bits per heavy atom. The molecule has 0 saturated carbocycles. The molecule has 0 fully saturated rings. The third kappa shape index (κ3) is 2.92. The summed E-state index contributed by atoms with van der Waals surface area (Å²) >= 11 is 6.22. The Labute approximate surface area is 114 Å². The molecule has 0 heterocycles. The van der Waals surface area contributed by atoms with Gasteiger partial charge >= 0.3 is 0 Å². The first-order chi connectivity index (χ1) is 8.49. The molecule has 1 atom stereocenters. The van der Waals surface area contributed by atoms with Gasteiger partial charge < -0.3 is 5.73 Å². The van der Waals surface area contributed by atoms with Gasteiger partial charge in [-0.2, -0.15) is 0 Å². The Morgan fingerprint density at radius 3 is 2.28 bits per heavy atom. The maximum Gasteiger partial charge on any atom is 0.0456 e. The number of hydrogen-bond donors (Lipinski definition) is 1. The predicted molar refractivity (Wildman–Crippen MR) is 77.9 cm³/mol. The van der Waals surface area contributed by atoms with Crippen molar-refractivity contribution in [1.82, 2.24) is 0 Å². The molecule has 1 nitrogen and oxygen atoms in total. The van der Waals surface area contributed by atoms with E-state index in [1.807, 2.05) is 31.2 Å². The lowest BCUT2D eigenvalue weighted by atomic mass is 9.86. The molecule has 0 bridgehead atoms. The number of halogens is 1. The molecule has 0 spiro atoms. The molecule has 0 aliphatic heterocycles. The van der Waals surface area contributed by atoms with Crippen LogP contribution in [-0.4, -0.2) is 0 Å². The monoisotopic (exact) mass is 259 g/mol. The molecule has 94 valence electrons. The van der Waals surface area contributed by atoms with Gasteiger partial charge in [-0.1, -0.05) is 59.6 Å². The number of rotatable bonds is 3. The average molecular weight is 260 g/mol. The number of hydrogen-bond acceptors (Lipinski definition) is 1. The van der Waals surface area contributed by atoms with Crippen LogP contribution < -0.4 is 5.73 Å². The van der Waals surface area contributed by atoms with Crippen molar-refractivity contribution in [2.45, 2.75) is 25.8 Å². The molecule has 2 rings (SSSR count). The van der Waals surface area contributed by atoms with Crippen LogP contribution in [0.5, 0.6) is 0 Å². The zero-order valence-electron chi connectivity index (χ0n) is 10.8. The van der Waals surface area contributed by atoms with Crippen molar-refractivity contribution in [3.63, 3.8) is 0 Å². The molecule has 0 radical (unpaired) electrons. The van der Waals surface area contributed by atoms with Gasteiger partial charge in [0.05, 0.1) is 0 Å². The highest BCUT2D eigenvalue weighted by atomic mass is 35.5. The van der Waals surface area contributed by atoms with E-state index >= 15 is 0 Å². The van der Waals surface area contributed by atoms with Gasteiger partial charge in [-0.25, -0.2) is 0 Å². The van der Waals surface area contributed by atoms with E-state index in [1.54, 1.807) is 0 Å². The largest absolute Gasteiger partial charge is 0.321 e. The van der Waals surface area contributed by atoms with Crippen LogP contribution in [0.15, 0.2) is 48.5 Å². The zero-order chi connectivity index (χ0) is 13.2. The van der Waals surface area contributed by atoms with Gasteiger partial charge in [0, 0.05) is 10.6 Å². The first kappa shape index (κ1) is 13.1. The lowest BCUT2D eigenvalue weighted by Crippen LogP contribution is -2.35. The molecule has 1 unspecified atom stereocenters. The fourth-order valence-corrected chi connectivity index (χ4v) is 2.50. The van der Waals surface area contributed by atoms with Crippen molar-refractivity contribution >= 4 is 11.6 Å². The molecule has 2 aromatic carbocycles. The minimum Gasteiger partial charge on any atom is -0.321 e. The molecule has 2 aromatic rings. The van der Waals surface area contributed by atoms with Crippen LogP contribution in [0.2, 0.25) is 5.02 Å². The Balaban J connectivity index is 2.27. The van der Waals surface area contributed by atoms with E-state index in [0.29, 0.717) is 0 Å². The molecular formula is C16H18ClN. The smallest absolute Gasteiger partial charge is 0.0456 e. The highest BCUT2D eigenvalue weighted by Crippen LogP contribution is 2.28. The second-order valence-corrected chi connectivity index (χ2v) is 5.47. The normalized spacial score (nSPS) is 14.2. The first-order valence-corrected chi connectivity index (χ1v) is 6.46. The van der Waals surface area contributed by atoms with Crippen LogP contribution in [0.25, 0.3) is 0 Å². The van der Waals surface area contributed by atoms with Gasteiger partial charge in [0.1, 0.15) is 0 Å². The van der Waals surface area contributed by atoms with E-state index in [0.717, 1.165) is 17.0 Å². The maximum atomic E-state index is 6.42. The molecule has 0 amide bonds. The summed E-state index contributed by atoms with van der Waals surface area (Å²) in [5.74, 6) is 0. The molecule has 2 heteroatoms. The van der Waals surface area contributed by atoms with Gasteiger partial charge in [0.2, 0.25) is 0 Å². The van der Waals surface area contributed by atoms with E-state index in [2.05, 4.69) is 31.2 Å². The Hall–Kier alpha value is -1.31. The van der Waals surface area contributed by atoms with Crippen LogP contribution in [0, 0.1) is 6.92 Å². The van der Waals surface area contributed by atoms with Crippen molar-refractivity contribution in [3.05, 3.63) is 70.2 Å². The first-order valence-electron chi connectivity index (χ1n) is 6.08. The lowest BCUT2D eigenvalue weighted by Gasteiger charge is -2.26. The highest BCUT2D eigenvalue weighted by molar-refractivity contribution is 6.31. The number of benzene rings is 2. The van der Waals surface area contributed by atoms with Crippen molar-refractivity contribution < 1.29 is 0 Å². The second-order valence-electron chi connectivity index (χ2n) is 5.06. The van der Waals surface area contributed by atoms with Crippen molar-refractivity contribution in [3.8, 4) is 0 Å². The summed E-state index contributed by atoms with van der Waals surface area (Å²) in [6, 6.07) is 16.2. The maximum absolute atomic E-state index is 6.42. The van der Waals surface area contributed by atoms with Crippen molar-refractivity contribution in [1.29, 1.82) is 0 Å². The minimum atomic E-state index is -0.451. The summed E-state index contributed by atoms with van der Waals surface area (Å²) in [5, 5.41) is 0.731. The van der Waals surface area contributed by atoms with Crippen LogP contribution in [0.1, 0.15) is 23.6 Å².